The number of hydrogen-bond acceptors (Lipinski definition) is 7. The van der Waals surface area contributed by atoms with Crippen molar-refractivity contribution in [2.45, 2.75) is 79.1 Å². The van der Waals surface area contributed by atoms with Gasteiger partial charge in [-0.1, -0.05) is 98.5 Å². The van der Waals surface area contributed by atoms with E-state index in [9.17, 15) is 5.11 Å². The molecule has 7 nitrogen and oxygen atoms in total. The summed E-state index contributed by atoms with van der Waals surface area (Å²) in [6, 6.07) is 32.6. The van der Waals surface area contributed by atoms with Crippen LogP contribution >= 0.6 is 0 Å². The Kier molecular flexibility index (Phi) is 13.7. The minimum absolute atomic E-state index is 0. The normalized spacial score (nSPS) is 16.9. The van der Waals surface area contributed by atoms with Gasteiger partial charge in [0.1, 0.15) is 67.7 Å². The van der Waals surface area contributed by atoms with Crippen LogP contribution in [0, 0.1) is 0 Å². The maximum Gasteiger partial charge on any atom is 0.122 e. The van der Waals surface area contributed by atoms with E-state index >= 15 is 0 Å². The van der Waals surface area contributed by atoms with Crippen LogP contribution in [0.3, 0.4) is 0 Å². The fourth-order valence-electron chi connectivity index (χ4n) is 5.34. The average Bonchev–Trinajstić information content (AvgIpc) is 4.01. The van der Waals surface area contributed by atoms with Crippen LogP contribution in [-0.2, 0) is 20.3 Å². The van der Waals surface area contributed by atoms with E-state index < -0.39 is 6.10 Å². The molecule has 0 spiro atoms. The van der Waals surface area contributed by atoms with Crippen LogP contribution in [0.5, 0.6) is 23.0 Å². The van der Waals surface area contributed by atoms with Gasteiger partial charge in [-0.2, -0.15) is 0 Å². The van der Waals surface area contributed by atoms with Gasteiger partial charge in [0, 0.05) is 10.8 Å². The zero-order valence-electron chi connectivity index (χ0n) is 27.1. The molecule has 4 aromatic carbocycles. The first-order valence-corrected chi connectivity index (χ1v) is 16.0. The number of aliphatic hydroxyl groups is 1. The second-order valence-corrected chi connectivity index (χ2v) is 13.2. The standard InChI is InChI=1S/C39H44O7.3CH4/c1-38(2,29-9-17-34(18-10-29)43-23-36-25-45-36)27-5-13-32(14-6-27)41-21-31(40)22-42-33-15-7-28(8-16-33)39(3,4)30-11-19-35(20-12-30)44-24-37-26-46-37;;;/h5-20,31,36-37,40H,21-26H2,1-4H3;3*1H4. The molecule has 2 unspecified atom stereocenters. The largest absolute Gasteiger partial charge is 0.491 e. The molecule has 2 heterocycles. The quantitative estimate of drug-likeness (QED) is 0.119. The van der Waals surface area contributed by atoms with Crippen molar-refractivity contribution < 1.29 is 33.5 Å². The molecular weight excluding hydrogens is 616 g/mol. The Labute approximate surface area is 294 Å². The second-order valence-electron chi connectivity index (χ2n) is 13.2. The third-order valence-electron chi connectivity index (χ3n) is 8.87. The molecule has 2 aliphatic rings. The monoisotopic (exact) mass is 672 g/mol. The van der Waals surface area contributed by atoms with E-state index in [-0.39, 0.29) is 58.5 Å². The Morgan fingerprint density at radius 2 is 0.755 bits per heavy atom. The Bertz CT molecular complexity index is 1420. The first kappa shape index (κ1) is 39.4. The van der Waals surface area contributed by atoms with Crippen molar-refractivity contribution in [3.05, 3.63) is 119 Å². The summed E-state index contributed by atoms with van der Waals surface area (Å²) in [4.78, 5) is 0. The Morgan fingerprint density at radius 3 is 1.00 bits per heavy atom. The van der Waals surface area contributed by atoms with Crippen molar-refractivity contribution in [3.63, 3.8) is 0 Å². The fraction of sp³-hybridized carbons (Fsp3) is 0.429. The van der Waals surface area contributed by atoms with E-state index in [1.807, 2.05) is 48.5 Å². The minimum Gasteiger partial charge on any atom is -0.491 e. The summed E-state index contributed by atoms with van der Waals surface area (Å²) in [5, 5.41) is 10.5. The minimum atomic E-state index is -0.772. The number of rotatable bonds is 16. The summed E-state index contributed by atoms with van der Waals surface area (Å²) < 4.78 is 33.7. The molecule has 0 amide bonds. The molecule has 6 rings (SSSR count). The van der Waals surface area contributed by atoms with Crippen LogP contribution in [0.15, 0.2) is 97.1 Å². The van der Waals surface area contributed by atoms with Gasteiger partial charge in [0.2, 0.25) is 0 Å². The number of benzene rings is 4. The zero-order valence-corrected chi connectivity index (χ0v) is 27.1. The highest BCUT2D eigenvalue weighted by Gasteiger charge is 2.26. The predicted molar refractivity (Wildman–Crippen MR) is 198 cm³/mol. The molecule has 2 aliphatic heterocycles. The van der Waals surface area contributed by atoms with Crippen molar-refractivity contribution in [3.8, 4) is 23.0 Å². The van der Waals surface area contributed by atoms with E-state index in [1.165, 1.54) is 22.3 Å². The van der Waals surface area contributed by atoms with Gasteiger partial charge in [-0.25, -0.2) is 0 Å². The van der Waals surface area contributed by atoms with Gasteiger partial charge in [-0.3, -0.25) is 0 Å². The van der Waals surface area contributed by atoms with Crippen LogP contribution in [-0.4, -0.2) is 63.1 Å². The Balaban J connectivity index is 0.00000217. The third kappa shape index (κ3) is 10.5. The van der Waals surface area contributed by atoms with Crippen molar-refractivity contribution in [1.29, 1.82) is 0 Å². The van der Waals surface area contributed by atoms with Crippen LogP contribution in [0.25, 0.3) is 0 Å². The maximum atomic E-state index is 10.5. The highest BCUT2D eigenvalue weighted by Crippen LogP contribution is 2.35. The topological polar surface area (TPSA) is 82.2 Å². The SMILES string of the molecule is C.C.C.CC(C)(c1ccc(OCC(O)COc2ccc(C(C)(C)c3ccc(OCC4CO4)cc3)cc2)cc1)c1ccc(OCC2CO2)cc1. The fourth-order valence-corrected chi connectivity index (χ4v) is 5.34. The smallest absolute Gasteiger partial charge is 0.122 e. The lowest BCUT2D eigenvalue weighted by atomic mass is 9.78. The van der Waals surface area contributed by atoms with Crippen molar-refractivity contribution >= 4 is 0 Å². The van der Waals surface area contributed by atoms with E-state index in [0.29, 0.717) is 24.7 Å². The average molecular weight is 673 g/mol. The van der Waals surface area contributed by atoms with Crippen LogP contribution < -0.4 is 18.9 Å². The van der Waals surface area contributed by atoms with Crippen LogP contribution in [0.1, 0.15) is 72.2 Å². The molecular formula is C42H56O7. The van der Waals surface area contributed by atoms with Gasteiger partial charge in [-0.05, 0) is 70.8 Å². The van der Waals surface area contributed by atoms with Crippen LogP contribution in [0.4, 0.5) is 0 Å². The molecule has 7 heteroatoms. The molecule has 2 saturated heterocycles. The van der Waals surface area contributed by atoms with Crippen molar-refractivity contribution in [2.75, 3.05) is 39.6 Å². The molecule has 266 valence electrons. The molecule has 0 saturated carbocycles. The highest BCUT2D eigenvalue weighted by molar-refractivity contribution is 5.43. The predicted octanol–water partition coefficient (Wildman–Crippen LogP) is 8.62. The van der Waals surface area contributed by atoms with E-state index in [2.05, 4.69) is 76.2 Å². The van der Waals surface area contributed by atoms with Crippen molar-refractivity contribution in [2.24, 2.45) is 0 Å². The van der Waals surface area contributed by atoms with Crippen LogP contribution in [0.2, 0.25) is 0 Å². The summed E-state index contributed by atoms with van der Waals surface area (Å²) in [6.45, 7) is 11.8. The first-order chi connectivity index (χ1) is 22.2. The van der Waals surface area contributed by atoms with E-state index in [4.69, 9.17) is 28.4 Å². The maximum absolute atomic E-state index is 10.5. The third-order valence-corrected chi connectivity index (χ3v) is 8.87. The molecule has 0 aromatic heterocycles. The van der Waals surface area contributed by atoms with Gasteiger partial charge in [0.05, 0.1) is 13.2 Å². The molecule has 2 atom stereocenters. The lowest BCUT2D eigenvalue weighted by Gasteiger charge is -2.26. The molecule has 0 radical (unpaired) electrons. The molecule has 0 aliphatic carbocycles. The summed E-state index contributed by atoms with van der Waals surface area (Å²) >= 11 is 0. The number of aliphatic hydroxyl groups excluding tert-OH is 1. The highest BCUT2D eigenvalue weighted by atomic mass is 16.6. The van der Waals surface area contributed by atoms with Gasteiger partial charge < -0.3 is 33.5 Å². The summed E-state index contributed by atoms with van der Waals surface area (Å²) in [7, 11) is 0. The Morgan fingerprint density at radius 1 is 0.510 bits per heavy atom. The lowest BCUT2D eigenvalue weighted by molar-refractivity contribution is 0.0626. The zero-order chi connectivity index (χ0) is 32.1. The number of epoxide rings is 2. The van der Waals surface area contributed by atoms with Gasteiger partial charge >= 0.3 is 0 Å². The molecule has 0 bridgehead atoms. The van der Waals surface area contributed by atoms with Gasteiger partial charge in [0.15, 0.2) is 0 Å². The summed E-state index contributed by atoms with van der Waals surface area (Å²) in [5.74, 6) is 3.11. The molecule has 4 aromatic rings. The van der Waals surface area contributed by atoms with Gasteiger partial charge in [0.25, 0.3) is 0 Å². The van der Waals surface area contributed by atoms with E-state index in [0.717, 1.165) is 24.7 Å². The number of ether oxygens (including phenoxy) is 6. The first-order valence-electron chi connectivity index (χ1n) is 16.0. The molecule has 49 heavy (non-hydrogen) atoms. The van der Waals surface area contributed by atoms with E-state index in [1.54, 1.807) is 0 Å². The summed E-state index contributed by atoms with van der Waals surface area (Å²) in [6.07, 6.45) is -0.289. The number of hydrogen-bond donors (Lipinski definition) is 1. The van der Waals surface area contributed by atoms with Crippen molar-refractivity contribution in [1.82, 2.24) is 0 Å². The lowest BCUT2D eigenvalue weighted by Crippen LogP contribution is -2.25. The second kappa shape index (κ2) is 17.1. The summed E-state index contributed by atoms with van der Waals surface area (Å²) in [5.41, 5.74) is 4.33. The molecule has 1 N–H and O–H groups in total. The molecule has 2 fully saturated rings. The Hall–Kier alpha value is -4.04. The van der Waals surface area contributed by atoms with Gasteiger partial charge in [-0.15, -0.1) is 0 Å².